The third kappa shape index (κ3) is 3.02. The second kappa shape index (κ2) is 6.53. The second-order valence-electron chi connectivity index (χ2n) is 5.67. The molecule has 1 aromatic heterocycles. The fourth-order valence-electron chi connectivity index (χ4n) is 3.07. The van der Waals surface area contributed by atoms with Crippen LogP contribution in [0.1, 0.15) is 35.4 Å². The molecular formula is C18H21NO2S. The maximum Gasteiger partial charge on any atom is 0.261 e. The van der Waals surface area contributed by atoms with Gasteiger partial charge in [0.15, 0.2) is 6.61 Å². The number of amides is 1. The van der Waals surface area contributed by atoms with E-state index in [1.807, 2.05) is 36.1 Å². The molecule has 0 fully saturated rings. The molecule has 1 aliphatic heterocycles. The van der Waals surface area contributed by atoms with Crippen molar-refractivity contribution in [1.82, 2.24) is 4.90 Å². The summed E-state index contributed by atoms with van der Waals surface area (Å²) in [6, 6.07) is 10.2. The van der Waals surface area contributed by atoms with Crippen LogP contribution >= 0.6 is 11.3 Å². The van der Waals surface area contributed by atoms with Gasteiger partial charge in [-0.1, -0.05) is 19.1 Å². The predicted molar refractivity (Wildman–Crippen MR) is 89.4 cm³/mol. The molecule has 1 aromatic carbocycles. The number of hydrogen-bond acceptors (Lipinski definition) is 3. The summed E-state index contributed by atoms with van der Waals surface area (Å²) in [6.07, 6.45) is 1.90. The first kappa shape index (κ1) is 15.1. The number of thiophene rings is 1. The lowest BCUT2D eigenvalue weighted by Crippen LogP contribution is -2.41. The monoisotopic (exact) mass is 315 g/mol. The first-order valence-corrected chi connectivity index (χ1v) is 8.62. The van der Waals surface area contributed by atoms with Gasteiger partial charge in [-0.05, 0) is 54.5 Å². The van der Waals surface area contributed by atoms with E-state index < -0.39 is 0 Å². The van der Waals surface area contributed by atoms with Gasteiger partial charge in [0.05, 0.1) is 6.04 Å². The summed E-state index contributed by atoms with van der Waals surface area (Å²) in [7, 11) is 0. The summed E-state index contributed by atoms with van der Waals surface area (Å²) >= 11 is 1.80. The van der Waals surface area contributed by atoms with Gasteiger partial charge in [0.25, 0.3) is 5.91 Å². The fraction of sp³-hybridized carbons (Fsp3) is 0.389. The van der Waals surface area contributed by atoms with Crippen LogP contribution in [-0.4, -0.2) is 24.0 Å². The van der Waals surface area contributed by atoms with Crippen LogP contribution in [0.3, 0.4) is 0 Å². The molecule has 2 heterocycles. The molecule has 1 atom stereocenters. The second-order valence-corrected chi connectivity index (χ2v) is 6.67. The Labute approximate surface area is 135 Å². The van der Waals surface area contributed by atoms with Crippen molar-refractivity contribution in [3.8, 4) is 5.75 Å². The van der Waals surface area contributed by atoms with Crippen LogP contribution in [0.4, 0.5) is 0 Å². The van der Waals surface area contributed by atoms with Crippen LogP contribution in [0.15, 0.2) is 35.7 Å². The smallest absolute Gasteiger partial charge is 0.261 e. The quantitative estimate of drug-likeness (QED) is 0.854. The average molecular weight is 315 g/mol. The third-order valence-corrected chi connectivity index (χ3v) is 5.15. The molecule has 2 aromatic rings. The molecule has 1 aliphatic rings. The van der Waals surface area contributed by atoms with Gasteiger partial charge in [-0.3, -0.25) is 4.79 Å². The normalized spacial score (nSPS) is 17.2. The number of ether oxygens (including phenoxy) is 1. The maximum absolute atomic E-state index is 12.6. The molecule has 22 heavy (non-hydrogen) atoms. The van der Waals surface area contributed by atoms with Crippen LogP contribution in [0.2, 0.25) is 0 Å². The summed E-state index contributed by atoms with van der Waals surface area (Å²) < 4.78 is 5.68. The molecule has 1 unspecified atom stereocenters. The predicted octanol–water partition coefficient (Wildman–Crippen LogP) is 3.97. The average Bonchev–Trinajstić information content (AvgIpc) is 3.00. The number of rotatable bonds is 4. The number of carbonyl (C=O) groups excluding carboxylic acids is 1. The molecule has 3 nitrogen and oxygen atoms in total. The molecule has 116 valence electrons. The van der Waals surface area contributed by atoms with Gasteiger partial charge < -0.3 is 9.64 Å². The van der Waals surface area contributed by atoms with Crippen molar-refractivity contribution in [2.45, 2.75) is 32.7 Å². The summed E-state index contributed by atoms with van der Waals surface area (Å²) in [6.45, 7) is 5.06. The van der Waals surface area contributed by atoms with E-state index in [2.05, 4.69) is 18.4 Å². The Kier molecular flexibility index (Phi) is 4.48. The van der Waals surface area contributed by atoms with Crippen molar-refractivity contribution >= 4 is 17.2 Å². The van der Waals surface area contributed by atoms with Gasteiger partial charge in [0.1, 0.15) is 5.75 Å². The van der Waals surface area contributed by atoms with Crippen molar-refractivity contribution in [3.05, 3.63) is 51.7 Å². The van der Waals surface area contributed by atoms with Crippen LogP contribution < -0.4 is 4.74 Å². The minimum atomic E-state index is 0.0743. The first-order chi connectivity index (χ1) is 10.7. The molecule has 0 bridgehead atoms. The van der Waals surface area contributed by atoms with E-state index >= 15 is 0 Å². The molecule has 0 saturated carbocycles. The largest absolute Gasteiger partial charge is 0.484 e. The highest BCUT2D eigenvalue weighted by molar-refractivity contribution is 7.10. The van der Waals surface area contributed by atoms with E-state index in [0.29, 0.717) is 0 Å². The highest BCUT2D eigenvalue weighted by Crippen LogP contribution is 2.35. The van der Waals surface area contributed by atoms with Crippen LogP contribution in [0, 0.1) is 6.92 Å². The van der Waals surface area contributed by atoms with Crippen LogP contribution in [0.25, 0.3) is 0 Å². The zero-order valence-corrected chi connectivity index (χ0v) is 13.9. The van der Waals surface area contributed by atoms with E-state index in [1.165, 1.54) is 10.4 Å². The zero-order valence-electron chi connectivity index (χ0n) is 13.0. The summed E-state index contributed by atoms with van der Waals surface area (Å²) in [4.78, 5) is 16.0. The van der Waals surface area contributed by atoms with Crippen LogP contribution in [-0.2, 0) is 11.2 Å². The van der Waals surface area contributed by atoms with E-state index in [-0.39, 0.29) is 18.6 Å². The van der Waals surface area contributed by atoms with Gasteiger partial charge in [-0.25, -0.2) is 0 Å². The molecule has 3 rings (SSSR count). The molecular weight excluding hydrogens is 294 g/mol. The minimum Gasteiger partial charge on any atom is -0.484 e. The van der Waals surface area contributed by atoms with E-state index in [1.54, 1.807) is 11.3 Å². The highest BCUT2D eigenvalue weighted by Gasteiger charge is 2.30. The summed E-state index contributed by atoms with van der Waals surface area (Å²) in [5, 5.41) is 2.13. The molecule has 0 saturated heterocycles. The lowest BCUT2D eigenvalue weighted by atomic mass is 9.98. The summed E-state index contributed by atoms with van der Waals surface area (Å²) in [5.74, 6) is 0.833. The lowest BCUT2D eigenvalue weighted by Gasteiger charge is -2.35. The Morgan fingerprint density at radius 2 is 2.27 bits per heavy atom. The van der Waals surface area contributed by atoms with Crippen molar-refractivity contribution in [2.75, 3.05) is 13.2 Å². The van der Waals surface area contributed by atoms with E-state index in [9.17, 15) is 4.79 Å². The van der Waals surface area contributed by atoms with Crippen molar-refractivity contribution in [1.29, 1.82) is 0 Å². The Hall–Kier alpha value is -1.81. The van der Waals surface area contributed by atoms with E-state index in [4.69, 9.17) is 4.74 Å². The molecule has 0 radical (unpaired) electrons. The highest BCUT2D eigenvalue weighted by atomic mass is 32.1. The standard InChI is InChI=1S/C18H21NO2S/c1-3-16-15-8-10-22-17(15)7-9-19(16)18(20)12-21-14-6-4-5-13(2)11-14/h4-6,8,10-11,16H,3,7,9,12H2,1-2H3. The summed E-state index contributed by atoms with van der Waals surface area (Å²) in [5.41, 5.74) is 2.46. The third-order valence-electron chi connectivity index (χ3n) is 4.15. The number of fused-ring (bicyclic) bond motifs is 1. The number of aryl methyl sites for hydroxylation is 1. The molecule has 4 heteroatoms. The van der Waals surface area contributed by atoms with Gasteiger partial charge >= 0.3 is 0 Å². The number of carbonyl (C=O) groups is 1. The maximum atomic E-state index is 12.6. The SMILES string of the molecule is CCC1c2ccsc2CCN1C(=O)COc1cccc(C)c1. The Morgan fingerprint density at radius 1 is 1.41 bits per heavy atom. The Balaban J connectivity index is 1.67. The first-order valence-electron chi connectivity index (χ1n) is 7.74. The molecule has 1 amide bonds. The molecule has 0 N–H and O–H groups in total. The Morgan fingerprint density at radius 3 is 3.05 bits per heavy atom. The molecule has 0 spiro atoms. The van der Waals surface area contributed by atoms with Gasteiger partial charge in [0.2, 0.25) is 0 Å². The van der Waals surface area contributed by atoms with E-state index in [0.717, 1.165) is 30.7 Å². The number of benzene rings is 1. The number of hydrogen-bond donors (Lipinski definition) is 0. The molecule has 0 aliphatic carbocycles. The Bertz CT molecular complexity index is 665. The van der Waals surface area contributed by atoms with Gasteiger partial charge in [0, 0.05) is 11.4 Å². The number of nitrogens with zero attached hydrogens (tertiary/aromatic N) is 1. The van der Waals surface area contributed by atoms with Crippen LogP contribution in [0.5, 0.6) is 5.75 Å². The lowest BCUT2D eigenvalue weighted by molar-refractivity contribution is -0.136. The topological polar surface area (TPSA) is 29.5 Å². The fourth-order valence-corrected chi connectivity index (χ4v) is 4.00. The minimum absolute atomic E-state index is 0.0743. The van der Waals surface area contributed by atoms with Crippen molar-refractivity contribution in [2.24, 2.45) is 0 Å². The van der Waals surface area contributed by atoms with Crippen molar-refractivity contribution < 1.29 is 9.53 Å². The van der Waals surface area contributed by atoms with Crippen molar-refractivity contribution in [3.63, 3.8) is 0 Å². The van der Waals surface area contributed by atoms with Gasteiger partial charge in [-0.15, -0.1) is 11.3 Å². The zero-order chi connectivity index (χ0) is 15.5. The van der Waals surface area contributed by atoms with Gasteiger partial charge in [-0.2, -0.15) is 0 Å².